The van der Waals surface area contributed by atoms with Crippen LogP contribution in [0.25, 0.3) is 0 Å². The van der Waals surface area contributed by atoms with E-state index >= 15 is 0 Å². The third-order valence-corrected chi connectivity index (χ3v) is 2.74. The molecule has 0 unspecified atom stereocenters. The number of carbonyl (C=O) groups excluding carboxylic acids is 1. The van der Waals surface area contributed by atoms with Crippen LogP contribution >= 0.6 is 0 Å². The lowest BCUT2D eigenvalue weighted by Crippen LogP contribution is -2.48. The zero-order valence-electron chi connectivity index (χ0n) is 11.1. The predicted octanol–water partition coefficient (Wildman–Crippen LogP) is 0.677. The van der Waals surface area contributed by atoms with Crippen molar-refractivity contribution in [2.24, 2.45) is 5.92 Å². The Morgan fingerprint density at radius 2 is 2.16 bits per heavy atom. The van der Waals surface area contributed by atoms with Gasteiger partial charge in [-0.3, -0.25) is 0 Å². The first kappa shape index (κ1) is 14.9. The van der Waals surface area contributed by atoms with E-state index in [2.05, 4.69) is 20.8 Å². The van der Waals surface area contributed by atoms with E-state index in [-0.39, 0.29) is 18.4 Å². The van der Waals surface area contributed by atoms with Gasteiger partial charge in [-0.25, -0.2) is 9.59 Å². The third-order valence-electron chi connectivity index (χ3n) is 2.74. The minimum Gasteiger partial charge on any atom is -0.480 e. The maximum Gasteiger partial charge on any atom is 0.326 e. The van der Waals surface area contributed by atoms with Crippen molar-refractivity contribution in [3.63, 3.8) is 0 Å². The van der Waals surface area contributed by atoms with Crippen LogP contribution in [0.4, 0.5) is 4.79 Å². The number of aryl methyl sites for hydroxylation is 1. The van der Waals surface area contributed by atoms with Crippen LogP contribution in [0, 0.1) is 12.8 Å². The summed E-state index contributed by atoms with van der Waals surface area (Å²) in [5.74, 6) is -0.477. The van der Waals surface area contributed by atoms with Crippen LogP contribution in [-0.2, 0) is 11.3 Å². The van der Waals surface area contributed by atoms with Gasteiger partial charge >= 0.3 is 12.0 Å². The Hall–Kier alpha value is -2.12. The standard InChI is InChI=1S/C11H18N4O4/c1-4-6(2)9(10(16)17)14-11(18)12-5-8-13-7(3)15-19-8/h6,9H,4-5H2,1-3H3,(H,16,17)(H2,12,14,18)/t6-,9-/m0/s1. The molecule has 1 rings (SSSR count). The van der Waals surface area contributed by atoms with Crippen LogP contribution in [-0.4, -0.2) is 33.3 Å². The highest BCUT2D eigenvalue weighted by molar-refractivity contribution is 5.82. The molecule has 0 aliphatic heterocycles. The number of nitrogens with zero attached hydrogens (tertiary/aromatic N) is 2. The zero-order valence-corrected chi connectivity index (χ0v) is 11.1. The van der Waals surface area contributed by atoms with Crippen molar-refractivity contribution in [2.75, 3.05) is 0 Å². The van der Waals surface area contributed by atoms with Gasteiger partial charge in [0.15, 0.2) is 5.82 Å². The second kappa shape index (κ2) is 6.72. The first-order valence-electron chi connectivity index (χ1n) is 6.00. The van der Waals surface area contributed by atoms with Crippen LogP contribution < -0.4 is 10.6 Å². The molecule has 3 N–H and O–H groups in total. The van der Waals surface area contributed by atoms with Gasteiger partial charge in [-0.1, -0.05) is 25.4 Å². The van der Waals surface area contributed by atoms with Gasteiger partial charge in [0.1, 0.15) is 6.04 Å². The molecule has 0 spiro atoms. The number of urea groups is 1. The first-order chi connectivity index (χ1) is 8.93. The summed E-state index contributed by atoms with van der Waals surface area (Å²) in [6.45, 7) is 5.35. The summed E-state index contributed by atoms with van der Waals surface area (Å²) in [5, 5.41) is 17.5. The van der Waals surface area contributed by atoms with Crippen LogP contribution in [0.15, 0.2) is 4.52 Å². The minimum absolute atomic E-state index is 0.0551. The van der Waals surface area contributed by atoms with Crippen molar-refractivity contribution in [1.29, 1.82) is 0 Å². The number of hydrogen-bond acceptors (Lipinski definition) is 5. The molecule has 0 aliphatic carbocycles. The molecule has 8 nitrogen and oxygen atoms in total. The SMILES string of the molecule is CC[C@H](C)[C@H](NC(=O)NCc1nc(C)no1)C(=O)O. The number of hydrogen-bond donors (Lipinski definition) is 3. The summed E-state index contributed by atoms with van der Waals surface area (Å²) in [6.07, 6.45) is 0.653. The highest BCUT2D eigenvalue weighted by atomic mass is 16.5. The Balaban J connectivity index is 2.46. The summed E-state index contributed by atoms with van der Waals surface area (Å²) in [6, 6.07) is -1.50. The number of carbonyl (C=O) groups is 2. The van der Waals surface area contributed by atoms with Crippen molar-refractivity contribution >= 4 is 12.0 Å². The molecular weight excluding hydrogens is 252 g/mol. The molecule has 19 heavy (non-hydrogen) atoms. The molecule has 1 aromatic rings. The number of nitrogens with one attached hydrogen (secondary N) is 2. The average Bonchev–Trinajstić information content (AvgIpc) is 2.78. The van der Waals surface area contributed by atoms with Crippen molar-refractivity contribution < 1.29 is 19.2 Å². The van der Waals surface area contributed by atoms with Gasteiger partial charge in [0, 0.05) is 0 Å². The molecule has 2 atom stereocenters. The Kier molecular flexibility index (Phi) is 5.28. The number of amides is 2. The van der Waals surface area contributed by atoms with E-state index in [9.17, 15) is 9.59 Å². The predicted molar refractivity (Wildman–Crippen MR) is 65.3 cm³/mol. The lowest BCUT2D eigenvalue weighted by molar-refractivity contribution is -0.140. The first-order valence-corrected chi connectivity index (χ1v) is 6.00. The number of rotatable bonds is 6. The molecule has 0 saturated carbocycles. The number of carboxylic acid groups (broad SMARTS) is 1. The second-order valence-electron chi connectivity index (χ2n) is 4.26. The zero-order chi connectivity index (χ0) is 14.4. The van der Waals surface area contributed by atoms with Crippen LogP contribution in [0.1, 0.15) is 32.0 Å². The van der Waals surface area contributed by atoms with E-state index in [0.717, 1.165) is 0 Å². The Morgan fingerprint density at radius 1 is 1.47 bits per heavy atom. The Labute approximate surface area is 110 Å². The summed E-state index contributed by atoms with van der Waals surface area (Å²) in [5.41, 5.74) is 0. The van der Waals surface area contributed by atoms with E-state index in [1.807, 2.05) is 6.92 Å². The molecule has 0 fully saturated rings. The van der Waals surface area contributed by atoms with Gasteiger partial charge in [-0.05, 0) is 12.8 Å². The molecular formula is C11H18N4O4. The molecule has 0 aliphatic rings. The average molecular weight is 270 g/mol. The van der Waals surface area contributed by atoms with E-state index in [1.165, 1.54) is 0 Å². The molecule has 0 aromatic carbocycles. The molecule has 1 heterocycles. The minimum atomic E-state index is -1.06. The molecule has 0 bridgehead atoms. The smallest absolute Gasteiger partial charge is 0.326 e. The quantitative estimate of drug-likeness (QED) is 0.699. The Bertz CT molecular complexity index is 446. The van der Waals surface area contributed by atoms with Crippen molar-refractivity contribution in [3.8, 4) is 0 Å². The number of aromatic nitrogens is 2. The van der Waals surface area contributed by atoms with Gasteiger partial charge in [0.2, 0.25) is 5.89 Å². The van der Waals surface area contributed by atoms with Crippen LogP contribution in [0.5, 0.6) is 0 Å². The third kappa shape index (κ3) is 4.57. The van der Waals surface area contributed by atoms with E-state index < -0.39 is 18.0 Å². The molecule has 0 saturated heterocycles. The van der Waals surface area contributed by atoms with Crippen molar-refractivity contribution in [3.05, 3.63) is 11.7 Å². The monoisotopic (exact) mass is 270 g/mol. The highest BCUT2D eigenvalue weighted by Crippen LogP contribution is 2.07. The van der Waals surface area contributed by atoms with Gasteiger partial charge in [0.05, 0.1) is 6.54 Å². The maximum atomic E-state index is 11.6. The maximum absolute atomic E-state index is 11.6. The van der Waals surface area contributed by atoms with Crippen LogP contribution in [0.2, 0.25) is 0 Å². The summed E-state index contributed by atoms with van der Waals surface area (Å²) >= 11 is 0. The fourth-order valence-corrected chi connectivity index (χ4v) is 1.44. The summed E-state index contributed by atoms with van der Waals surface area (Å²) < 4.78 is 4.82. The lowest BCUT2D eigenvalue weighted by atomic mass is 9.99. The van der Waals surface area contributed by atoms with Crippen molar-refractivity contribution in [2.45, 2.75) is 39.8 Å². The number of carboxylic acids is 1. The highest BCUT2D eigenvalue weighted by Gasteiger charge is 2.25. The molecule has 1 aromatic heterocycles. The summed E-state index contributed by atoms with van der Waals surface area (Å²) in [4.78, 5) is 26.5. The van der Waals surface area contributed by atoms with Crippen LogP contribution in [0.3, 0.4) is 0 Å². The number of aliphatic carboxylic acids is 1. The fraction of sp³-hybridized carbons (Fsp3) is 0.636. The Morgan fingerprint density at radius 3 is 2.63 bits per heavy atom. The largest absolute Gasteiger partial charge is 0.480 e. The molecule has 2 amide bonds. The second-order valence-corrected chi connectivity index (χ2v) is 4.26. The lowest BCUT2D eigenvalue weighted by Gasteiger charge is -2.20. The van der Waals surface area contributed by atoms with Crippen molar-refractivity contribution in [1.82, 2.24) is 20.8 Å². The molecule has 0 radical (unpaired) electrons. The van der Waals surface area contributed by atoms with E-state index in [0.29, 0.717) is 12.2 Å². The van der Waals surface area contributed by atoms with Gasteiger partial charge in [0.25, 0.3) is 0 Å². The fourth-order valence-electron chi connectivity index (χ4n) is 1.44. The van der Waals surface area contributed by atoms with Gasteiger partial charge in [-0.2, -0.15) is 4.98 Å². The summed E-state index contributed by atoms with van der Waals surface area (Å²) in [7, 11) is 0. The van der Waals surface area contributed by atoms with E-state index in [4.69, 9.17) is 9.63 Å². The van der Waals surface area contributed by atoms with Gasteiger partial charge < -0.3 is 20.3 Å². The topological polar surface area (TPSA) is 117 Å². The molecule has 8 heteroatoms. The van der Waals surface area contributed by atoms with Gasteiger partial charge in [-0.15, -0.1) is 0 Å². The normalized spacial score (nSPS) is 13.6. The van der Waals surface area contributed by atoms with E-state index in [1.54, 1.807) is 13.8 Å². The molecule has 106 valence electrons.